The van der Waals surface area contributed by atoms with Crippen LogP contribution in [0.15, 0.2) is 23.0 Å². The molecule has 1 N–H and O–H groups in total. The Labute approximate surface area is 142 Å². The maximum atomic E-state index is 14.2. The van der Waals surface area contributed by atoms with Gasteiger partial charge in [-0.1, -0.05) is 11.6 Å². The number of thiazole rings is 1. The number of nitrogens with zero attached hydrogens (tertiary/aromatic N) is 1. The highest BCUT2D eigenvalue weighted by Gasteiger charge is 2.19. The van der Waals surface area contributed by atoms with E-state index < -0.39 is 17.5 Å². The Bertz CT molecular complexity index is 687. The first-order valence-electron chi connectivity index (χ1n) is 6.74. The number of benzene rings is 1. The number of halogens is 2. The summed E-state index contributed by atoms with van der Waals surface area (Å²) in [6.45, 7) is 5.32. The zero-order valence-electron chi connectivity index (χ0n) is 12.9. The molecule has 0 bridgehead atoms. The van der Waals surface area contributed by atoms with Gasteiger partial charge in [0, 0.05) is 5.38 Å². The van der Waals surface area contributed by atoms with Crippen molar-refractivity contribution < 1.29 is 18.7 Å². The van der Waals surface area contributed by atoms with Crippen molar-refractivity contribution in [2.75, 3.05) is 5.32 Å². The van der Waals surface area contributed by atoms with Gasteiger partial charge in [0.25, 0.3) is 0 Å². The summed E-state index contributed by atoms with van der Waals surface area (Å²) in [6, 6.07) is 2.84. The molecule has 0 atom stereocenters. The standard InChI is InChI=1S/C15H16ClFN2O3S/c1-15(2,3)22-14(20)19-10-4-5-11(12(16)13(10)17)21-6-9-7-23-8-18-9/h4-5,7-8H,6H2,1-3H3,(H,19,20). The second-order valence-corrected chi connectivity index (χ2v) is 6.73. The quantitative estimate of drug-likeness (QED) is 0.847. The number of anilines is 1. The summed E-state index contributed by atoms with van der Waals surface area (Å²) in [5.74, 6) is -0.611. The third-order valence-electron chi connectivity index (χ3n) is 2.54. The van der Waals surface area contributed by atoms with Crippen molar-refractivity contribution in [1.82, 2.24) is 4.98 Å². The monoisotopic (exact) mass is 358 g/mol. The number of aromatic nitrogens is 1. The summed E-state index contributed by atoms with van der Waals surface area (Å²) in [5.41, 5.74) is 1.64. The van der Waals surface area contributed by atoms with E-state index in [0.29, 0.717) is 0 Å². The molecule has 0 radical (unpaired) electrons. The Kier molecular flexibility index (Phi) is 5.43. The number of hydrogen-bond donors (Lipinski definition) is 1. The highest BCUT2D eigenvalue weighted by atomic mass is 35.5. The molecule has 0 fully saturated rings. The van der Waals surface area contributed by atoms with Crippen molar-refractivity contribution in [2.45, 2.75) is 33.0 Å². The van der Waals surface area contributed by atoms with Crippen LogP contribution in [0.25, 0.3) is 0 Å². The second-order valence-electron chi connectivity index (χ2n) is 5.63. The van der Waals surface area contributed by atoms with Crippen LogP contribution < -0.4 is 10.1 Å². The van der Waals surface area contributed by atoms with E-state index in [-0.39, 0.29) is 23.1 Å². The molecule has 124 valence electrons. The number of carbonyl (C=O) groups is 1. The summed E-state index contributed by atoms with van der Waals surface area (Å²) >= 11 is 7.38. The first-order valence-corrected chi connectivity index (χ1v) is 8.06. The Balaban J connectivity index is 2.06. The van der Waals surface area contributed by atoms with Gasteiger partial charge in [-0.2, -0.15) is 0 Å². The second kappa shape index (κ2) is 7.14. The highest BCUT2D eigenvalue weighted by Crippen LogP contribution is 2.32. The molecule has 2 rings (SSSR count). The van der Waals surface area contributed by atoms with Gasteiger partial charge in [-0.25, -0.2) is 14.2 Å². The molecule has 2 aromatic rings. The Morgan fingerprint density at radius 1 is 1.43 bits per heavy atom. The van der Waals surface area contributed by atoms with Crippen LogP contribution in [-0.2, 0) is 11.3 Å². The Morgan fingerprint density at radius 2 is 2.17 bits per heavy atom. The number of nitrogens with one attached hydrogen (secondary N) is 1. The van der Waals surface area contributed by atoms with Crippen molar-refractivity contribution in [3.63, 3.8) is 0 Å². The topological polar surface area (TPSA) is 60.5 Å². The van der Waals surface area contributed by atoms with E-state index >= 15 is 0 Å². The molecule has 0 unspecified atom stereocenters. The molecule has 5 nitrogen and oxygen atoms in total. The number of rotatable bonds is 4. The first kappa shape index (κ1) is 17.5. The van der Waals surface area contributed by atoms with Gasteiger partial charge in [-0.3, -0.25) is 5.32 Å². The van der Waals surface area contributed by atoms with Crippen molar-refractivity contribution in [3.05, 3.63) is 39.6 Å². The van der Waals surface area contributed by atoms with Crippen LogP contribution in [0.2, 0.25) is 5.02 Å². The fourth-order valence-corrected chi connectivity index (χ4v) is 2.38. The van der Waals surface area contributed by atoms with Gasteiger partial charge in [0.2, 0.25) is 0 Å². The van der Waals surface area contributed by atoms with Crippen LogP contribution >= 0.6 is 22.9 Å². The lowest BCUT2D eigenvalue weighted by molar-refractivity contribution is 0.0635. The van der Waals surface area contributed by atoms with Crippen LogP contribution in [0.3, 0.4) is 0 Å². The fraction of sp³-hybridized carbons (Fsp3) is 0.333. The van der Waals surface area contributed by atoms with E-state index in [2.05, 4.69) is 10.3 Å². The average molecular weight is 359 g/mol. The van der Waals surface area contributed by atoms with E-state index in [1.807, 2.05) is 5.38 Å². The van der Waals surface area contributed by atoms with Gasteiger partial charge in [0.15, 0.2) is 5.82 Å². The normalized spacial score (nSPS) is 11.2. The summed E-state index contributed by atoms with van der Waals surface area (Å²) in [5, 5.41) is 3.93. The van der Waals surface area contributed by atoms with Crippen LogP contribution in [0.5, 0.6) is 5.75 Å². The smallest absolute Gasteiger partial charge is 0.412 e. The first-order chi connectivity index (χ1) is 10.8. The molecule has 0 aliphatic rings. The molecule has 1 aromatic carbocycles. The van der Waals surface area contributed by atoms with Gasteiger partial charge in [-0.15, -0.1) is 11.3 Å². The Hall–Kier alpha value is -1.86. The molecule has 0 spiro atoms. The van der Waals surface area contributed by atoms with Crippen LogP contribution in [0, 0.1) is 5.82 Å². The summed E-state index contributed by atoms with van der Waals surface area (Å²) in [4.78, 5) is 15.7. The summed E-state index contributed by atoms with van der Waals surface area (Å²) < 4.78 is 24.7. The van der Waals surface area contributed by atoms with Crippen molar-refractivity contribution in [3.8, 4) is 5.75 Å². The summed E-state index contributed by atoms with van der Waals surface area (Å²) in [6.07, 6.45) is -0.761. The van der Waals surface area contributed by atoms with Crippen molar-refractivity contribution >= 4 is 34.7 Å². The molecule has 8 heteroatoms. The van der Waals surface area contributed by atoms with Gasteiger partial charge in [0.1, 0.15) is 23.0 Å². The lowest BCUT2D eigenvalue weighted by Crippen LogP contribution is -2.27. The number of ether oxygens (including phenoxy) is 2. The van der Waals surface area contributed by atoms with Crippen LogP contribution in [0.1, 0.15) is 26.5 Å². The third kappa shape index (κ3) is 5.07. The van der Waals surface area contributed by atoms with Crippen molar-refractivity contribution in [1.29, 1.82) is 0 Å². The largest absolute Gasteiger partial charge is 0.486 e. The molecular weight excluding hydrogens is 343 g/mol. The van der Waals surface area contributed by atoms with Gasteiger partial charge in [0.05, 0.1) is 16.9 Å². The summed E-state index contributed by atoms with van der Waals surface area (Å²) in [7, 11) is 0. The number of hydrogen-bond acceptors (Lipinski definition) is 5. The van der Waals surface area contributed by atoms with Crippen LogP contribution in [0.4, 0.5) is 14.9 Å². The van der Waals surface area contributed by atoms with E-state index in [1.165, 1.54) is 23.5 Å². The predicted molar refractivity (Wildman–Crippen MR) is 87.7 cm³/mol. The molecule has 0 saturated carbocycles. The SMILES string of the molecule is CC(C)(C)OC(=O)Nc1ccc(OCc2cscn2)c(Cl)c1F. The molecule has 1 aromatic heterocycles. The number of carbonyl (C=O) groups excluding carboxylic acids is 1. The zero-order valence-corrected chi connectivity index (χ0v) is 14.4. The van der Waals surface area contributed by atoms with E-state index in [9.17, 15) is 9.18 Å². The minimum atomic E-state index is -0.784. The molecular formula is C15H16ClFN2O3S. The zero-order chi connectivity index (χ0) is 17.0. The highest BCUT2D eigenvalue weighted by molar-refractivity contribution is 7.07. The molecule has 0 aliphatic carbocycles. The molecule has 0 aliphatic heterocycles. The van der Waals surface area contributed by atoms with Gasteiger partial charge >= 0.3 is 6.09 Å². The molecule has 1 amide bonds. The van der Waals surface area contributed by atoms with E-state index in [0.717, 1.165) is 5.69 Å². The fourth-order valence-electron chi connectivity index (χ4n) is 1.61. The maximum Gasteiger partial charge on any atom is 0.412 e. The maximum absolute atomic E-state index is 14.2. The number of amides is 1. The minimum Gasteiger partial charge on any atom is -0.486 e. The lowest BCUT2D eigenvalue weighted by Gasteiger charge is -2.20. The minimum absolute atomic E-state index is 0.0785. The van der Waals surface area contributed by atoms with Gasteiger partial charge in [-0.05, 0) is 32.9 Å². The molecule has 23 heavy (non-hydrogen) atoms. The van der Waals surface area contributed by atoms with E-state index in [4.69, 9.17) is 21.1 Å². The Morgan fingerprint density at radius 3 is 2.78 bits per heavy atom. The predicted octanol–water partition coefficient (Wildman–Crippen LogP) is 4.86. The lowest BCUT2D eigenvalue weighted by atomic mass is 10.2. The van der Waals surface area contributed by atoms with E-state index in [1.54, 1.807) is 26.3 Å². The third-order valence-corrected chi connectivity index (χ3v) is 3.53. The van der Waals surface area contributed by atoms with Crippen molar-refractivity contribution in [2.24, 2.45) is 0 Å². The van der Waals surface area contributed by atoms with Gasteiger partial charge < -0.3 is 9.47 Å². The average Bonchev–Trinajstić information content (AvgIpc) is 2.94. The van der Waals surface area contributed by atoms with Crippen LogP contribution in [-0.4, -0.2) is 16.7 Å². The molecule has 1 heterocycles. The molecule has 0 saturated heterocycles.